The third-order valence-electron chi connectivity index (χ3n) is 16.9. The normalized spacial score (nSPS) is 12.4. The van der Waals surface area contributed by atoms with E-state index in [0.29, 0.717) is 22.5 Å². The second-order valence-corrected chi connectivity index (χ2v) is 27.0. The molecule has 418 valence electrons. The second-order valence-electron chi connectivity index (χ2n) is 27.0. The molecule has 0 radical (unpaired) electrons. The number of rotatable bonds is 10. The summed E-state index contributed by atoms with van der Waals surface area (Å²) in [5.41, 5.74) is 14.9. The van der Waals surface area contributed by atoms with Crippen LogP contribution in [0.3, 0.4) is 0 Å². The van der Waals surface area contributed by atoms with E-state index in [1.54, 1.807) is 0 Å². The second kappa shape index (κ2) is 21.1. The van der Waals surface area contributed by atoms with Crippen molar-refractivity contribution in [2.45, 2.75) is 105 Å². The van der Waals surface area contributed by atoms with Gasteiger partial charge in [0.2, 0.25) is 0 Å². The monoisotopic (exact) mass is 1100 g/mol. The molecule has 0 fully saturated rings. The van der Waals surface area contributed by atoms with Crippen molar-refractivity contribution < 1.29 is 8.78 Å². The summed E-state index contributed by atoms with van der Waals surface area (Å²) in [6, 6.07) is 80.0. The van der Waals surface area contributed by atoms with Crippen LogP contribution in [0.2, 0.25) is 0 Å². The zero-order chi connectivity index (χ0) is 59.0. The minimum absolute atomic E-state index is 0.100. The summed E-state index contributed by atoms with van der Waals surface area (Å²) >= 11 is 0. The van der Waals surface area contributed by atoms with E-state index in [1.165, 1.54) is 11.1 Å². The average Bonchev–Trinajstić information content (AvgIpc) is 1.19. The van der Waals surface area contributed by atoms with Crippen molar-refractivity contribution in [2.24, 2.45) is 0 Å². The first-order chi connectivity index (χ1) is 40.0. The van der Waals surface area contributed by atoms with Gasteiger partial charge in [0.25, 0.3) is 0 Å². The van der Waals surface area contributed by atoms with Crippen molar-refractivity contribution in [3.05, 3.63) is 264 Å². The fourth-order valence-electron chi connectivity index (χ4n) is 12.1. The Hall–Kier alpha value is -8.86. The van der Waals surface area contributed by atoms with Gasteiger partial charge in [0, 0.05) is 33.3 Å². The molecule has 0 aliphatic heterocycles. The van der Waals surface area contributed by atoms with Gasteiger partial charge in [-0.25, -0.2) is 8.78 Å². The molecule has 0 unspecified atom stereocenters. The van der Waals surface area contributed by atoms with E-state index in [2.05, 4.69) is 238 Å². The van der Waals surface area contributed by atoms with Gasteiger partial charge in [0.1, 0.15) is 0 Å². The van der Waals surface area contributed by atoms with Crippen LogP contribution in [-0.2, 0) is 21.7 Å². The molecule has 12 aromatic rings. The lowest BCUT2D eigenvalue weighted by Gasteiger charge is -2.31. The van der Waals surface area contributed by atoms with Gasteiger partial charge in [-0.1, -0.05) is 253 Å². The molecule has 4 heteroatoms. The standard InChI is InChI=1S/C80H74F2N2/c1-77(2,3)59-27-19-23-53(43-59)57-47-67(55-25-21-29-61(45-55)79(7,8)9)75(81)71(49-57)83(63-31-15-13-16-32-63)69-41-37-51-36-40-66-70(42-38-52-35-39-65(69)73(51)74(52)66)84(64-33-17-14-18-34-64)72-50-58(54-24-20-28-60(44-54)78(4,5)6)48-68(76(72)82)56-26-22-30-62(46-56)80(10,11)12/h13-50H,1-12H3. The van der Waals surface area contributed by atoms with E-state index in [4.69, 9.17) is 0 Å². The number of halogens is 2. The van der Waals surface area contributed by atoms with E-state index in [0.717, 1.165) is 99.6 Å². The maximum Gasteiger partial charge on any atom is 0.155 e. The predicted molar refractivity (Wildman–Crippen MR) is 356 cm³/mol. The highest BCUT2D eigenvalue weighted by molar-refractivity contribution is 6.28. The van der Waals surface area contributed by atoms with Crippen LogP contribution in [0.4, 0.5) is 42.9 Å². The molecule has 0 spiro atoms. The summed E-state index contributed by atoms with van der Waals surface area (Å²) in [6.07, 6.45) is 0. The van der Waals surface area contributed by atoms with E-state index in [1.807, 2.05) is 84.9 Å². The van der Waals surface area contributed by atoms with Gasteiger partial charge in [0.15, 0.2) is 11.6 Å². The van der Waals surface area contributed by atoms with Crippen molar-refractivity contribution in [3.63, 3.8) is 0 Å². The SMILES string of the molecule is CC(C)(C)c1cccc(-c2cc(-c3cccc(C(C)(C)C)c3)c(F)c(N(c3ccccc3)c3ccc4ccc5c(N(c6ccccc6)c6cc(-c7cccc(C(C)(C)C)c7)cc(-c7cccc(C(C)(C)C)c7)c6F)ccc6ccc3c4c65)c2)c1. The fourth-order valence-corrected chi connectivity index (χ4v) is 12.1. The molecule has 0 saturated carbocycles. The molecule has 0 aromatic heterocycles. The highest BCUT2D eigenvalue weighted by atomic mass is 19.1. The zero-order valence-corrected chi connectivity index (χ0v) is 50.6. The summed E-state index contributed by atoms with van der Waals surface area (Å²) in [7, 11) is 0. The van der Waals surface area contributed by atoms with Gasteiger partial charge in [-0.15, -0.1) is 0 Å². The lowest BCUT2D eigenvalue weighted by molar-refractivity contribution is 0.590. The number of hydrogen-bond acceptors (Lipinski definition) is 2. The van der Waals surface area contributed by atoms with Crippen LogP contribution in [0.25, 0.3) is 76.8 Å². The smallest absolute Gasteiger partial charge is 0.155 e. The third kappa shape index (κ3) is 10.4. The van der Waals surface area contributed by atoms with Crippen molar-refractivity contribution in [2.75, 3.05) is 9.80 Å². The molecule has 12 aromatic carbocycles. The Kier molecular flexibility index (Phi) is 14.0. The predicted octanol–water partition coefficient (Wildman–Crippen LogP) is 23.7. The van der Waals surface area contributed by atoms with E-state index in [-0.39, 0.29) is 33.3 Å². The van der Waals surface area contributed by atoms with E-state index < -0.39 is 0 Å². The Bertz CT molecular complexity index is 4150. The van der Waals surface area contributed by atoms with Gasteiger partial charge in [-0.2, -0.15) is 0 Å². The van der Waals surface area contributed by atoms with Crippen LogP contribution in [0, 0.1) is 11.6 Å². The van der Waals surface area contributed by atoms with Crippen LogP contribution >= 0.6 is 0 Å². The van der Waals surface area contributed by atoms with Gasteiger partial charge in [-0.3, -0.25) is 0 Å². The number of hydrogen-bond donors (Lipinski definition) is 0. The molecule has 0 amide bonds. The first kappa shape index (κ1) is 55.7. The van der Waals surface area contributed by atoms with Gasteiger partial charge in [-0.05, 0) is 160 Å². The Morgan fingerprint density at radius 1 is 0.262 bits per heavy atom. The molecule has 0 aliphatic carbocycles. The number of benzene rings is 12. The van der Waals surface area contributed by atoms with E-state index in [9.17, 15) is 0 Å². The van der Waals surface area contributed by atoms with Crippen molar-refractivity contribution >= 4 is 66.4 Å². The van der Waals surface area contributed by atoms with Crippen molar-refractivity contribution in [1.29, 1.82) is 0 Å². The zero-order valence-electron chi connectivity index (χ0n) is 50.6. The highest BCUT2D eigenvalue weighted by Crippen LogP contribution is 2.51. The van der Waals surface area contributed by atoms with Crippen molar-refractivity contribution in [3.8, 4) is 44.5 Å². The van der Waals surface area contributed by atoms with Gasteiger partial charge in [0.05, 0.1) is 22.7 Å². The minimum atomic E-state index is -0.314. The van der Waals surface area contributed by atoms with Gasteiger partial charge < -0.3 is 9.80 Å². The van der Waals surface area contributed by atoms with Crippen LogP contribution in [-0.4, -0.2) is 0 Å². The highest BCUT2D eigenvalue weighted by Gasteiger charge is 2.29. The van der Waals surface area contributed by atoms with E-state index >= 15 is 8.78 Å². The first-order valence-corrected chi connectivity index (χ1v) is 29.5. The summed E-state index contributed by atoms with van der Waals surface area (Å²) in [5, 5.41) is 6.09. The summed E-state index contributed by atoms with van der Waals surface area (Å²) in [5.74, 6) is -0.628. The molecule has 0 heterocycles. The molecule has 0 saturated heterocycles. The van der Waals surface area contributed by atoms with Crippen molar-refractivity contribution in [1.82, 2.24) is 0 Å². The largest absolute Gasteiger partial charge is 0.307 e. The molecule has 0 bridgehead atoms. The Morgan fingerprint density at radius 2 is 0.571 bits per heavy atom. The average molecular weight is 1100 g/mol. The maximum absolute atomic E-state index is 18.6. The summed E-state index contributed by atoms with van der Waals surface area (Å²) in [4.78, 5) is 4.22. The molecule has 2 nitrogen and oxygen atoms in total. The number of para-hydroxylation sites is 2. The maximum atomic E-state index is 18.6. The first-order valence-electron chi connectivity index (χ1n) is 29.5. The van der Waals surface area contributed by atoms with Crippen LogP contribution < -0.4 is 9.80 Å². The fraction of sp³-hybridized carbons (Fsp3) is 0.200. The summed E-state index contributed by atoms with van der Waals surface area (Å²) < 4.78 is 37.2. The van der Waals surface area contributed by atoms with Crippen LogP contribution in [0.1, 0.15) is 105 Å². The molecule has 84 heavy (non-hydrogen) atoms. The molecule has 0 atom stereocenters. The number of anilines is 6. The molecule has 0 N–H and O–H groups in total. The lowest BCUT2D eigenvalue weighted by Crippen LogP contribution is -2.14. The van der Waals surface area contributed by atoms with Crippen LogP contribution in [0.15, 0.2) is 231 Å². The molecular formula is C80H74F2N2. The van der Waals surface area contributed by atoms with Gasteiger partial charge >= 0.3 is 0 Å². The number of nitrogens with zero attached hydrogens (tertiary/aromatic N) is 2. The quantitative estimate of drug-likeness (QED) is 0.126. The lowest BCUT2D eigenvalue weighted by atomic mass is 9.84. The Balaban J connectivity index is 1.11. The molecule has 0 aliphatic rings. The Labute approximate surface area is 496 Å². The Morgan fingerprint density at radius 3 is 0.905 bits per heavy atom. The third-order valence-corrected chi connectivity index (χ3v) is 16.9. The topological polar surface area (TPSA) is 6.48 Å². The summed E-state index contributed by atoms with van der Waals surface area (Å²) in [6.45, 7) is 26.6. The minimum Gasteiger partial charge on any atom is -0.307 e. The van der Waals surface area contributed by atoms with Crippen LogP contribution in [0.5, 0.6) is 0 Å². The molecular weight excluding hydrogens is 1030 g/mol. The molecule has 12 rings (SSSR count).